The summed E-state index contributed by atoms with van der Waals surface area (Å²) in [6, 6.07) is 14.3. The zero-order chi connectivity index (χ0) is 21.5. The van der Waals surface area contributed by atoms with Gasteiger partial charge in [-0.1, -0.05) is 41.6 Å². The van der Waals surface area contributed by atoms with Gasteiger partial charge in [-0.05, 0) is 43.3 Å². The van der Waals surface area contributed by atoms with E-state index in [9.17, 15) is 4.79 Å². The molecule has 1 heterocycles. The van der Waals surface area contributed by atoms with Crippen LogP contribution in [0.5, 0.6) is 11.5 Å². The fourth-order valence-electron chi connectivity index (χ4n) is 2.78. The van der Waals surface area contributed by atoms with Gasteiger partial charge in [0.2, 0.25) is 0 Å². The maximum atomic E-state index is 12.5. The Labute approximate surface area is 184 Å². The van der Waals surface area contributed by atoms with E-state index in [1.54, 1.807) is 49.6 Å². The summed E-state index contributed by atoms with van der Waals surface area (Å²) in [5.74, 6) is 2.15. The van der Waals surface area contributed by atoms with Crippen molar-refractivity contribution < 1.29 is 14.3 Å². The van der Waals surface area contributed by atoms with Crippen molar-refractivity contribution in [3.63, 3.8) is 0 Å². The summed E-state index contributed by atoms with van der Waals surface area (Å²) in [4.78, 5) is 12.5. The lowest BCUT2D eigenvalue weighted by Crippen LogP contribution is -2.13. The number of para-hydroxylation sites is 1. The number of thioether (sulfide) groups is 1. The van der Waals surface area contributed by atoms with Crippen molar-refractivity contribution in [2.45, 2.75) is 24.7 Å². The van der Waals surface area contributed by atoms with Gasteiger partial charge >= 0.3 is 0 Å². The number of Topliss-reactive ketones (excluding diaryl/α,β-unsaturated/α-hetero) is 1. The minimum absolute atomic E-state index is 0.00211. The van der Waals surface area contributed by atoms with Crippen LogP contribution in [0.4, 0.5) is 0 Å². The molecule has 0 N–H and O–H groups in total. The highest BCUT2D eigenvalue weighted by molar-refractivity contribution is 7.99. The molecule has 0 radical (unpaired) electrons. The maximum absolute atomic E-state index is 12.5. The number of ether oxygens (including phenoxy) is 2. The van der Waals surface area contributed by atoms with Gasteiger partial charge in [0, 0.05) is 12.1 Å². The summed E-state index contributed by atoms with van der Waals surface area (Å²) in [5, 5.41) is 9.69. The zero-order valence-electron chi connectivity index (χ0n) is 16.7. The number of ketones is 1. The lowest BCUT2D eigenvalue weighted by atomic mass is 10.1. The zero-order valence-corrected chi connectivity index (χ0v) is 18.3. The van der Waals surface area contributed by atoms with Gasteiger partial charge in [0.1, 0.15) is 11.5 Å². The van der Waals surface area contributed by atoms with E-state index in [2.05, 4.69) is 16.8 Å². The number of methoxy groups -OCH3 is 1. The van der Waals surface area contributed by atoms with Gasteiger partial charge in [0.05, 0.1) is 17.9 Å². The Bertz CT molecular complexity index is 1020. The van der Waals surface area contributed by atoms with E-state index in [0.29, 0.717) is 39.6 Å². The highest BCUT2D eigenvalue weighted by Gasteiger charge is 2.20. The van der Waals surface area contributed by atoms with E-state index in [1.807, 2.05) is 23.6 Å². The Morgan fingerprint density at radius 2 is 1.97 bits per heavy atom. The molecule has 3 aromatic rings. The Kier molecular flexibility index (Phi) is 7.54. The molecule has 0 saturated heterocycles. The molecule has 0 aliphatic rings. The van der Waals surface area contributed by atoms with E-state index in [1.165, 1.54) is 11.8 Å². The number of hydrogen-bond acceptors (Lipinski definition) is 6. The topological polar surface area (TPSA) is 66.2 Å². The molecule has 0 aliphatic heterocycles. The highest BCUT2D eigenvalue weighted by atomic mass is 35.5. The van der Waals surface area contributed by atoms with Crippen LogP contribution < -0.4 is 9.47 Å². The van der Waals surface area contributed by atoms with E-state index in [-0.39, 0.29) is 17.6 Å². The Balaban J connectivity index is 1.72. The number of benzene rings is 2. The second-order valence-electron chi connectivity index (χ2n) is 6.37. The summed E-state index contributed by atoms with van der Waals surface area (Å²) in [6.07, 6.45) is 1.37. The van der Waals surface area contributed by atoms with E-state index in [4.69, 9.17) is 21.1 Å². The maximum Gasteiger partial charge on any atom is 0.192 e. The van der Waals surface area contributed by atoms with Crippen molar-refractivity contribution in [2.75, 3.05) is 12.9 Å². The van der Waals surface area contributed by atoms with Crippen LogP contribution in [0, 0.1) is 0 Å². The minimum atomic E-state index is -0.385. The first-order chi connectivity index (χ1) is 14.5. The molecule has 1 aromatic heterocycles. The molecule has 6 nitrogen and oxygen atoms in total. The van der Waals surface area contributed by atoms with Gasteiger partial charge < -0.3 is 9.47 Å². The molecule has 0 spiro atoms. The van der Waals surface area contributed by atoms with Crippen LogP contribution in [-0.2, 0) is 6.54 Å². The SMILES string of the molecule is C=CCn1c(SCC(=O)c2ccc(OC)cc2)nnc1C(C)Oc1ccccc1Cl. The molecule has 0 fully saturated rings. The second-order valence-corrected chi connectivity index (χ2v) is 7.72. The molecule has 30 heavy (non-hydrogen) atoms. The highest BCUT2D eigenvalue weighted by Crippen LogP contribution is 2.29. The van der Waals surface area contributed by atoms with E-state index >= 15 is 0 Å². The second kappa shape index (κ2) is 10.3. The third-order valence-corrected chi connectivity index (χ3v) is 5.58. The first kappa shape index (κ1) is 21.9. The predicted molar refractivity (Wildman–Crippen MR) is 119 cm³/mol. The van der Waals surface area contributed by atoms with Crippen molar-refractivity contribution in [1.82, 2.24) is 14.8 Å². The summed E-state index contributed by atoms with van der Waals surface area (Å²) in [6.45, 7) is 6.18. The van der Waals surface area contributed by atoms with Crippen molar-refractivity contribution in [2.24, 2.45) is 0 Å². The molecular weight excluding hydrogens is 422 g/mol. The number of allylic oxidation sites excluding steroid dienone is 1. The van der Waals surface area contributed by atoms with Crippen LogP contribution >= 0.6 is 23.4 Å². The standard InChI is InChI=1S/C22H22ClN3O3S/c1-4-13-26-21(15(2)29-20-8-6-5-7-18(20)23)24-25-22(26)30-14-19(27)16-9-11-17(28-3)12-10-16/h4-12,15H,1,13-14H2,2-3H3. The van der Waals surface area contributed by atoms with Crippen molar-refractivity contribution in [3.05, 3.63) is 77.6 Å². The predicted octanol–water partition coefficient (Wildman–Crippen LogP) is 5.24. The summed E-state index contributed by atoms with van der Waals surface area (Å²) >= 11 is 7.52. The van der Waals surface area contributed by atoms with Crippen molar-refractivity contribution in [3.8, 4) is 11.5 Å². The summed E-state index contributed by atoms with van der Waals surface area (Å²) in [7, 11) is 1.59. The number of halogens is 1. The average Bonchev–Trinajstić information content (AvgIpc) is 3.16. The van der Waals surface area contributed by atoms with Gasteiger partial charge in [0.25, 0.3) is 0 Å². The Morgan fingerprint density at radius 3 is 2.63 bits per heavy atom. The Morgan fingerprint density at radius 1 is 1.23 bits per heavy atom. The molecule has 1 atom stereocenters. The molecule has 8 heteroatoms. The lowest BCUT2D eigenvalue weighted by molar-refractivity contribution is 0.102. The van der Waals surface area contributed by atoms with Crippen molar-refractivity contribution in [1.29, 1.82) is 0 Å². The number of aromatic nitrogens is 3. The monoisotopic (exact) mass is 443 g/mol. The fourth-order valence-corrected chi connectivity index (χ4v) is 3.81. The number of carbonyl (C=O) groups is 1. The molecule has 0 amide bonds. The molecule has 0 saturated carbocycles. The van der Waals surface area contributed by atoms with Gasteiger partial charge in [-0.15, -0.1) is 16.8 Å². The summed E-state index contributed by atoms with van der Waals surface area (Å²) < 4.78 is 13.0. The quantitative estimate of drug-likeness (QED) is 0.242. The van der Waals surface area contributed by atoms with Crippen LogP contribution in [0.1, 0.15) is 29.2 Å². The smallest absolute Gasteiger partial charge is 0.192 e. The number of hydrogen-bond donors (Lipinski definition) is 0. The third-order valence-electron chi connectivity index (χ3n) is 4.31. The van der Waals surface area contributed by atoms with Gasteiger partial charge in [0.15, 0.2) is 22.9 Å². The first-order valence-corrected chi connectivity index (χ1v) is 10.6. The number of carbonyl (C=O) groups excluding carboxylic acids is 1. The fraction of sp³-hybridized carbons (Fsp3) is 0.227. The molecule has 0 bridgehead atoms. The minimum Gasteiger partial charge on any atom is -0.497 e. The van der Waals surface area contributed by atoms with Crippen LogP contribution in [-0.4, -0.2) is 33.4 Å². The molecule has 1 unspecified atom stereocenters. The van der Waals surface area contributed by atoms with E-state index in [0.717, 1.165) is 0 Å². The van der Waals surface area contributed by atoms with Gasteiger partial charge in [-0.2, -0.15) is 0 Å². The van der Waals surface area contributed by atoms with Gasteiger partial charge in [-0.3, -0.25) is 9.36 Å². The Hall–Kier alpha value is -2.77. The van der Waals surface area contributed by atoms with Crippen LogP contribution in [0.25, 0.3) is 0 Å². The van der Waals surface area contributed by atoms with Gasteiger partial charge in [-0.25, -0.2) is 0 Å². The van der Waals surface area contributed by atoms with Crippen LogP contribution in [0.2, 0.25) is 5.02 Å². The van der Waals surface area contributed by atoms with E-state index < -0.39 is 0 Å². The third kappa shape index (κ3) is 5.23. The number of nitrogens with zero attached hydrogens (tertiary/aromatic N) is 3. The summed E-state index contributed by atoms with van der Waals surface area (Å²) in [5.41, 5.74) is 0.619. The molecule has 2 aromatic carbocycles. The molecule has 156 valence electrons. The number of rotatable bonds is 10. The first-order valence-electron chi connectivity index (χ1n) is 9.28. The molecule has 3 rings (SSSR count). The normalized spacial score (nSPS) is 11.7. The average molecular weight is 444 g/mol. The van der Waals surface area contributed by atoms with Crippen LogP contribution in [0.3, 0.4) is 0 Å². The molecular formula is C22H22ClN3O3S. The molecule has 0 aliphatic carbocycles. The largest absolute Gasteiger partial charge is 0.497 e. The van der Waals surface area contributed by atoms with Crippen LogP contribution in [0.15, 0.2) is 66.3 Å². The van der Waals surface area contributed by atoms with Crippen molar-refractivity contribution >= 4 is 29.1 Å². The lowest BCUT2D eigenvalue weighted by Gasteiger charge is -2.16.